The van der Waals surface area contributed by atoms with E-state index < -0.39 is 0 Å². The Kier molecular flexibility index (Phi) is 5.86. The minimum absolute atomic E-state index is 0.0975. The third kappa shape index (κ3) is 4.33. The second-order valence-corrected chi connectivity index (χ2v) is 7.56. The summed E-state index contributed by atoms with van der Waals surface area (Å²) in [5.41, 5.74) is 1.26. The number of anilines is 1. The van der Waals surface area contributed by atoms with Gasteiger partial charge in [-0.2, -0.15) is 0 Å². The first kappa shape index (κ1) is 18.9. The molecule has 1 fully saturated rings. The first-order chi connectivity index (χ1) is 13.7. The molecule has 0 radical (unpaired) electrons. The van der Waals surface area contributed by atoms with E-state index in [1.807, 2.05) is 24.3 Å². The Morgan fingerprint density at radius 1 is 1.32 bits per heavy atom. The van der Waals surface area contributed by atoms with E-state index in [-0.39, 0.29) is 6.10 Å². The molecule has 3 heterocycles. The van der Waals surface area contributed by atoms with Gasteiger partial charge in [0.05, 0.1) is 11.6 Å². The first-order valence-corrected chi connectivity index (χ1v) is 10.3. The molecule has 28 heavy (non-hydrogen) atoms. The summed E-state index contributed by atoms with van der Waals surface area (Å²) in [5, 5.41) is 7.59. The topological polar surface area (TPSA) is 61.8 Å². The quantitative estimate of drug-likeness (QED) is 0.598. The largest absolute Gasteiger partial charge is 0.488 e. The van der Waals surface area contributed by atoms with E-state index in [0.29, 0.717) is 17.6 Å². The van der Waals surface area contributed by atoms with Crippen LogP contribution in [-0.4, -0.2) is 49.3 Å². The molecule has 7 heteroatoms. The number of benzene rings is 1. The fourth-order valence-corrected chi connectivity index (χ4v) is 3.98. The molecule has 2 aliphatic heterocycles. The zero-order valence-electron chi connectivity index (χ0n) is 16.1. The lowest BCUT2D eigenvalue weighted by Gasteiger charge is -2.20. The van der Waals surface area contributed by atoms with Crippen molar-refractivity contribution in [3.63, 3.8) is 0 Å². The number of rotatable bonds is 5. The summed E-state index contributed by atoms with van der Waals surface area (Å²) in [7, 11) is 0. The number of pyridine rings is 1. The Labute approximate surface area is 171 Å². The monoisotopic (exact) mass is 399 g/mol. The zero-order valence-corrected chi connectivity index (χ0v) is 16.8. The second kappa shape index (κ2) is 8.69. The predicted molar refractivity (Wildman–Crippen MR) is 114 cm³/mol. The number of nitrogens with one attached hydrogen (secondary N) is 2. The van der Waals surface area contributed by atoms with Crippen molar-refractivity contribution in [1.29, 1.82) is 0 Å². The average Bonchev–Trinajstić information content (AvgIpc) is 3.33. The highest BCUT2D eigenvalue weighted by atomic mass is 35.5. The van der Waals surface area contributed by atoms with Crippen molar-refractivity contribution in [3.8, 4) is 5.75 Å². The summed E-state index contributed by atoms with van der Waals surface area (Å²) in [6.45, 7) is 5.31. The van der Waals surface area contributed by atoms with Crippen molar-refractivity contribution in [3.05, 3.63) is 53.2 Å². The lowest BCUT2D eigenvalue weighted by atomic mass is 10.1. The summed E-state index contributed by atoms with van der Waals surface area (Å²) < 4.78 is 6.00. The zero-order chi connectivity index (χ0) is 19.3. The molecule has 2 N–H and O–H groups in total. The Morgan fingerprint density at radius 2 is 2.21 bits per heavy atom. The van der Waals surface area contributed by atoms with E-state index in [4.69, 9.17) is 21.3 Å². The molecule has 148 valence electrons. The molecule has 2 aromatic rings. The maximum atomic E-state index is 6.29. The van der Waals surface area contributed by atoms with E-state index in [9.17, 15) is 0 Å². The van der Waals surface area contributed by atoms with Gasteiger partial charge in [0.15, 0.2) is 5.96 Å². The highest BCUT2D eigenvalue weighted by molar-refractivity contribution is 6.32. The van der Waals surface area contributed by atoms with Crippen molar-refractivity contribution in [2.45, 2.75) is 31.9 Å². The molecule has 2 aliphatic rings. The summed E-state index contributed by atoms with van der Waals surface area (Å²) >= 11 is 6.29. The fraction of sp³-hybridized carbons (Fsp3) is 0.429. The van der Waals surface area contributed by atoms with Crippen molar-refractivity contribution >= 4 is 23.4 Å². The molecular formula is C21H26ClN5O. The van der Waals surface area contributed by atoms with Gasteiger partial charge < -0.3 is 20.3 Å². The van der Waals surface area contributed by atoms with Crippen LogP contribution in [0.25, 0.3) is 0 Å². The van der Waals surface area contributed by atoms with Gasteiger partial charge >= 0.3 is 0 Å². The molecule has 1 aromatic heterocycles. The second-order valence-electron chi connectivity index (χ2n) is 7.16. The summed E-state index contributed by atoms with van der Waals surface area (Å²) in [5.74, 6) is 2.67. The predicted octanol–water partition coefficient (Wildman–Crippen LogP) is 2.87. The maximum Gasteiger partial charge on any atom is 0.191 e. The van der Waals surface area contributed by atoms with E-state index in [2.05, 4.69) is 39.6 Å². The molecule has 2 unspecified atom stereocenters. The number of aromatic nitrogens is 1. The minimum Gasteiger partial charge on any atom is -0.488 e. The van der Waals surface area contributed by atoms with Gasteiger partial charge in [0, 0.05) is 38.3 Å². The lowest BCUT2D eigenvalue weighted by Crippen LogP contribution is -2.45. The van der Waals surface area contributed by atoms with Crippen molar-refractivity contribution < 1.29 is 4.74 Å². The Hall–Kier alpha value is -2.47. The molecule has 0 aliphatic carbocycles. The minimum atomic E-state index is 0.0975. The maximum absolute atomic E-state index is 6.29. The smallest absolute Gasteiger partial charge is 0.191 e. The number of fused-ring (bicyclic) bond motifs is 1. The standard InChI is InChI=1S/C21H26ClN5O/c1-2-23-21(25-13-17-12-15-6-3-4-8-19(15)28-17)26-16-9-11-27(14-16)20-18(22)7-5-10-24-20/h3-8,10,16-17H,2,9,11-14H2,1H3,(H2,23,25,26). The van der Waals surface area contributed by atoms with E-state index in [1.54, 1.807) is 6.20 Å². The molecule has 0 spiro atoms. The van der Waals surface area contributed by atoms with Crippen molar-refractivity contribution in [1.82, 2.24) is 15.6 Å². The molecule has 0 saturated carbocycles. The van der Waals surface area contributed by atoms with Crippen LogP contribution in [0.1, 0.15) is 18.9 Å². The van der Waals surface area contributed by atoms with Crippen LogP contribution in [-0.2, 0) is 6.42 Å². The number of hydrogen-bond acceptors (Lipinski definition) is 4. The van der Waals surface area contributed by atoms with Crippen LogP contribution < -0.4 is 20.3 Å². The van der Waals surface area contributed by atoms with Crippen LogP contribution in [0.3, 0.4) is 0 Å². The van der Waals surface area contributed by atoms with Crippen LogP contribution in [0, 0.1) is 0 Å². The highest BCUT2D eigenvalue weighted by Crippen LogP contribution is 2.28. The summed E-state index contributed by atoms with van der Waals surface area (Å²) in [6, 6.07) is 12.3. The molecule has 1 aromatic carbocycles. The molecule has 2 atom stereocenters. The third-order valence-electron chi connectivity index (χ3n) is 5.08. The third-order valence-corrected chi connectivity index (χ3v) is 5.37. The Bertz CT molecular complexity index is 818. The van der Waals surface area contributed by atoms with E-state index >= 15 is 0 Å². The molecule has 0 amide bonds. The van der Waals surface area contributed by atoms with E-state index in [0.717, 1.165) is 50.0 Å². The molecule has 0 bridgehead atoms. The highest BCUT2D eigenvalue weighted by Gasteiger charge is 2.26. The SMILES string of the molecule is CCNC(=NCC1Cc2ccccc2O1)NC1CCN(c2ncccc2Cl)C1. The number of halogens is 1. The molecule has 4 rings (SSSR count). The van der Waals surface area contributed by atoms with Crippen LogP contribution in [0.2, 0.25) is 5.02 Å². The van der Waals surface area contributed by atoms with Crippen LogP contribution >= 0.6 is 11.6 Å². The van der Waals surface area contributed by atoms with Gasteiger partial charge in [-0.25, -0.2) is 9.98 Å². The number of para-hydroxylation sites is 1. The summed E-state index contributed by atoms with van der Waals surface area (Å²) in [6.07, 6.45) is 3.81. The van der Waals surface area contributed by atoms with Gasteiger partial charge in [0.1, 0.15) is 17.7 Å². The van der Waals surface area contributed by atoms with Crippen molar-refractivity contribution in [2.24, 2.45) is 4.99 Å². The van der Waals surface area contributed by atoms with E-state index in [1.165, 1.54) is 5.56 Å². The number of ether oxygens (including phenoxy) is 1. The molecular weight excluding hydrogens is 374 g/mol. The van der Waals surface area contributed by atoms with Crippen LogP contribution in [0.5, 0.6) is 5.75 Å². The van der Waals surface area contributed by atoms with Gasteiger partial charge in [-0.1, -0.05) is 29.8 Å². The molecule has 6 nitrogen and oxygen atoms in total. The Morgan fingerprint density at radius 3 is 3.04 bits per heavy atom. The molecule has 1 saturated heterocycles. The van der Waals surface area contributed by atoms with Gasteiger partial charge in [-0.05, 0) is 37.1 Å². The van der Waals surface area contributed by atoms with Crippen LogP contribution in [0.15, 0.2) is 47.6 Å². The fourth-order valence-electron chi connectivity index (χ4n) is 3.74. The van der Waals surface area contributed by atoms with Gasteiger partial charge in [-0.15, -0.1) is 0 Å². The van der Waals surface area contributed by atoms with Crippen LogP contribution in [0.4, 0.5) is 5.82 Å². The first-order valence-electron chi connectivity index (χ1n) is 9.88. The normalized spacial score (nSPS) is 21.4. The summed E-state index contributed by atoms with van der Waals surface area (Å²) in [4.78, 5) is 11.4. The number of aliphatic imine (C=N–C) groups is 1. The lowest BCUT2D eigenvalue weighted by molar-refractivity contribution is 0.241. The Balaban J connectivity index is 1.34. The number of hydrogen-bond donors (Lipinski definition) is 2. The van der Waals surface area contributed by atoms with Gasteiger partial charge in [0.2, 0.25) is 0 Å². The van der Waals surface area contributed by atoms with Gasteiger partial charge in [-0.3, -0.25) is 0 Å². The average molecular weight is 400 g/mol. The van der Waals surface area contributed by atoms with Crippen molar-refractivity contribution in [2.75, 3.05) is 31.1 Å². The number of guanidine groups is 1. The van der Waals surface area contributed by atoms with Gasteiger partial charge in [0.25, 0.3) is 0 Å². The number of nitrogens with zero attached hydrogens (tertiary/aromatic N) is 3.